The minimum Gasteiger partial charge on any atom is -0.336 e. The van der Waals surface area contributed by atoms with E-state index in [0.717, 1.165) is 10.4 Å². The predicted octanol–water partition coefficient (Wildman–Crippen LogP) is 2.64. The molecule has 2 aromatic rings. The fourth-order valence-electron chi connectivity index (χ4n) is 2.87. The molecule has 0 spiro atoms. The van der Waals surface area contributed by atoms with Crippen LogP contribution in [-0.2, 0) is 10.0 Å². The van der Waals surface area contributed by atoms with Crippen molar-refractivity contribution in [2.75, 3.05) is 26.2 Å². The second kappa shape index (κ2) is 7.94. The minimum atomic E-state index is -3.94. The Balaban J connectivity index is 1.74. The van der Waals surface area contributed by atoms with Crippen molar-refractivity contribution in [2.45, 2.75) is 4.90 Å². The van der Waals surface area contributed by atoms with Crippen molar-refractivity contribution in [3.63, 3.8) is 0 Å². The van der Waals surface area contributed by atoms with Crippen molar-refractivity contribution in [1.82, 2.24) is 9.21 Å². The number of halogens is 2. The Hall–Kier alpha value is -2.37. The Kier molecular flexibility index (Phi) is 5.77. The number of piperazine rings is 1. The lowest BCUT2D eigenvalue weighted by atomic mass is 10.1. The molecule has 0 unspecified atom stereocenters. The summed E-state index contributed by atoms with van der Waals surface area (Å²) in [6.07, 6.45) is 0. The van der Waals surface area contributed by atoms with Gasteiger partial charge in [-0.1, -0.05) is 22.0 Å². The van der Waals surface area contributed by atoms with Crippen LogP contribution in [0.25, 0.3) is 0 Å². The van der Waals surface area contributed by atoms with Gasteiger partial charge in [-0.15, -0.1) is 0 Å². The molecule has 8 nitrogen and oxygen atoms in total. The van der Waals surface area contributed by atoms with Crippen molar-refractivity contribution in [3.05, 3.63) is 68.4 Å². The fraction of sp³-hybridized carbons (Fsp3) is 0.235. The highest BCUT2D eigenvalue weighted by Crippen LogP contribution is 2.23. The number of sulfonamides is 1. The molecule has 0 saturated carbocycles. The maximum absolute atomic E-state index is 13.9. The number of carbonyl (C=O) groups excluding carboxylic acids is 1. The number of hydrogen-bond acceptors (Lipinski definition) is 5. The molecule has 148 valence electrons. The van der Waals surface area contributed by atoms with Crippen molar-refractivity contribution >= 4 is 37.5 Å². The van der Waals surface area contributed by atoms with Gasteiger partial charge in [0.25, 0.3) is 11.6 Å². The van der Waals surface area contributed by atoms with E-state index in [2.05, 4.69) is 15.9 Å². The number of amides is 1. The van der Waals surface area contributed by atoms with Gasteiger partial charge in [0.1, 0.15) is 5.82 Å². The van der Waals surface area contributed by atoms with Crippen LogP contribution in [0.1, 0.15) is 10.4 Å². The van der Waals surface area contributed by atoms with Crippen molar-refractivity contribution in [3.8, 4) is 0 Å². The number of nitrogens with zero attached hydrogens (tertiary/aromatic N) is 3. The summed E-state index contributed by atoms with van der Waals surface area (Å²) < 4.78 is 41.1. The second-order valence-corrected chi connectivity index (χ2v) is 8.93. The highest BCUT2D eigenvalue weighted by atomic mass is 79.9. The highest BCUT2D eigenvalue weighted by Gasteiger charge is 2.31. The van der Waals surface area contributed by atoms with E-state index in [9.17, 15) is 27.7 Å². The van der Waals surface area contributed by atoms with Crippen LogP contribution in [0.5, 0.6) is 0 Å². The predicted molar refractivity (Wildman–Crippen MR) is 102 cm³/mol. The molecule has 1 aliphatic heterocycles. The number of nitro groups is 1. The summed E-state index contributed by atoms with van der Waals surface area (Å²) in [5.41, 5.74) is -0.413. The fourth-order valence-corrected chi connectivity index (χ4v) is 4.69. The van der Waals surface area contributed by atoms with Crippen LogP contribution in [0.3, 0.4) is 0 Å². The summed E-state index contributed by atoms with van der Waals surface area (Å²) in [4.78, 5) is 24.0. The molecular weight excluding hydrogens is 457 g/mol. The molecule has 28 heavy (non-hydrogen) atoms. The third kappa shape index (κ3) is 4.05. The molecule has 2 aromatic carbocycles. The Labute approximate surface area is 168 Å². The van der Waals surface area contributed by atoms with E-state index in [-0.39, 0.29) is 42.3 Å². The molecule has 1 fully saturated rings. The normalized spacial score (nSPS) is 15.4. The van der Waals surface area contributed by atoms with E-state index < -0.39 is 26.7 Å². The molecule has 0 aromatic heterocycles. The van der Waals surface area contributed by atoms with E-state index >= 15 is 0 Å². The molecule has 11 heteroatoms. The number of benzene rings is 2. The van der Waals surface area contributed by atoms with Crippen molar-refractivity contribution < 1.29 is 22.5 Å². The maximum atomic E-state index is 13.9. The van der Waals surface area contributed by atoms with E-state index in [1.807, 2.05) is 0 Å². The van der Waals surface area contributed by atoms with Crippen molar-refractivity contribution in [2.24, 2.45) is 0 Å². The zero-order valence-electron chi connectivity index (χ0n) is 14.4. The van der Waals surface area contributed by atoms with E-state index in [1.165, 1.54) is 41.3 Å². The van der Waals surface area contributed by atoms with E-state index in [4.69, 9.17) is 0 Å². The molecular formula is C17H15BrFN3O5S. The van der Waals surface area contributed by atoms with Gasteiger partial charge in [0.2, 0.25) is 10.0 Å². The first-order valence-corrected chi connectivity index (χ1v) is 10.4. The van der Waals surface area contributed by atoms with Gasteiger partial charge in [-0.25, -0.2) is 12.8 Å². The molecule has 0 radical (unpaired) electrons. The topological polar surface area (TPSA) is 101 Å². The first-order valence-electron chi connectivity index (χ1n) is 8.19. The van der Waals surface area contributed by atoms with Crippen LogP contribution in [-0.4, -0.2) is 54.6 Å². The number of rotatable bonds is 4. The quantitative estimate of drug-likeness (QED) is 0.503. The summed E-state index contributed by atoms with van der Waals surface area (Å²) in [5, 5.41) is 10.9. The molecule has 1 amide bonds. The Morgan fingerprint density at radius 3 is 2.43 bits per heavy atom. The molecule has 0 bridgehead atoms. The third-order valence-corrected chi connectivity index (χ3v) is 6.74. The van der Waals surface area contributed by atoms with E-state index in [1.54, 1.807) is 0 Å². The summed E-state index contributed by atoms with van der Waals surface area (Å²) in [5.74, 6) is -1.17. The van der Waals surface area contributed by atoms with Gasteiger partial charge in [-0.05, 0) is 24.3 Å². The lowest BCUT2D eigenvalue weighted by Gasteiger charge is -2.34. The molecule has 3 rings (SSSR count). The number of carbonyl (C=O) groups is 1. The summed E-state index contributed by atoms with van der Waals surface area (Å²) in [6.45, 7) is 0.177. The van der Waals surface area contributed by atoms with Gasteiger partial charge in [0.15, 0.2) is 0 Å². The zero-order valence-corrected chi connectivity index (χ0v) is 16.8. The Morgan fingerprint density at radius 2 is 1.79 bits per heavy atom. The van der Waals surface area contributed by atoms with Gasteiger partial charge in [0, 0.05) is 42.8 Å². The molecule has 1 heterocycles. The molecule has 1 saturated heterocycles. The van der Waals surface area contributed by atoms with Gasteiger partial charge in [-0.3, -0.25) is 14.9 Å². The first kappa shape index (κ1) is 20.4. The SMILES string of the molecule is O=C(c1cc(Br)ccc1F)N1CCN(S(=O)(=O)c2cccc([N+](=O)[O-])c2)CC1. The van der Waals surface area contributed by atoms with Crippen LogP contribution in [0.2, 0.25) is 0 Å². The van der Waals surface area contributed by atoms with Gasteiger partial charge in [0.05, 0.1) is 15.4 Å². The largest absolute Gasteiger partial charge is 0.336 e. The maximum Gasteiger partial charge on any atom is 0.270 e. The van der Waals surface area contributed by atoms with Crippen LogP contribution < -0.4 is 0 Å². The monoisotopic (exact) mass is 471 g/mol. The lowest BCUT2D eigenvalue weighted by molar-refractivity contribution is -0.385. The molecule has 0 aliphatic carbocycles. The number of nitro benzene ring substituents is 1. The average Bonchev–Trinajstić information content (AvgIpc) is 2.69. The standard InChI is InChI=1S/C17H15BrFN3O5S/c18-12-4-5-16(19)15(10-12)17(23)20-6-8-21(9-7-20)28(26,27)14-3-1-2-13(11-14)22(24)25/h1-5,10-11H,6-9H2. The van der Waals surface area contributed by atoms with Gasteiger partial charge >= 0.3 is 0 Å². The first-order chi connectivity index (χ1) is 13.2. The summed E-state index contributed by atoms with van der Waals surface area (Å²) in [7, 11) is -3.94. The van der Waals surface area contributed by atoms with Crippen LogP contribution >= 0.6 is 15.9 Å². The van der Waals surface area contributed by atoms with Crippen LogP contribution in [0, 0.1) is 15.9 Å². The van der Waals surface area contributed by atoms with Gasteiger partial charge in [-0.2, -0.15) is 4.31 Å². The number of hydrogen-bond donors (Lipinski definition) is 0. The van der Waals surface area contributed by atoms with Crippen molar-refractivity contribution in [1.29, 1.82) is 0 Å². The molecule has 1 aliphatic rings. The van der Waals surface area contributed by atoms with Crippen LogP contribution in [0.4, 0.5) is 10.1 Å². The summed E-state index contributed by atoms with van der Waals surface area (Å²) in [6, 6.07) is 8.85. The Bertz CT molecular complexity index is 1040. The summed E-state index contributed by atoms with van der Waals surface area (Å²) >= 11 is 3.19. The smallest absolute Gasteiger partial charge is 0.270 e. The zero-order chi connectivity index (χ0) is 20.5. The lowest BCUT2D eigenvalue weighted by Crippen LogP contribution is -2.50. The van der Waals surface area contributed by atoms with Crippen LogP contribution in [0.15, 0.2) is 51.8 Å². The minimum absolute atomic E-state index is 0.00634. The van der Waals surface area contributed by atoms with Gasteiger partial charge < -0.3 is 4.90 Å². The van der Waals surface area contributed by atoms with E-state index in [0.29, 0.717) is 4.47 Å². The Morgan fingerprint density at radius 1 is 1.11 bits per heavy atom. The second-order valence-electron chi connectivity index (χ2n) is 6.07. The third-order valence-electron chi connectivity index (χ3n) is 4.35. The average molecular weight is 472 g/mol. The molecule has 0 atom stereocenters. The highest BCUT2D eigenvalue weighted by molar-refractivity contribution is 9.10. The number of non-ortho nitro benzene ring substituents is 1. The molecule has 0 N–H and O–H groups in total.